The monoisotopic (exact) mass is 237 g/mol. The molecule has 0 spiro atoms. The largest absolute Gasteiger partial charge is 0.342 e. The van der Waals surface area contributed by atoms with Crippen LogP contribution in [0.4, 0.5) is 0 Å². The number of hydrogen-bond acceptors (Lipinski definition) is 2. The molecule has 0 aliphatic heterocycles. The Morgan fingerprint density at radius 1 is 1.57 bits per heavy atom. The molecule has 2 nitrogen and oxygen atoms in total. The first-order chi connectivity index (χ1) is 6.67. The molecular weight excluding hydrogens is 218 g/mol. The number of halogens is 1. The summed E-state index contributed by atoms with van der Waals surface area (Å²) in [5.41, 5.74) is 0. The minimum atomic E-state index is 0.214. The molecule has 0 fully saturated rings. The first-order valence-corrected chi connectivity index (χ1v) is 6.90. The van der Waals surface area contributed by atoms with Gasteiger partial charge in [-0.25, -0.2) is 0 Å². The van der Waals surface area contributed by atoms with Crippen molar-refractivity contribution in [3.05, 3.63) is 0 Å². The minimum Gasteiger partial charge on any atom is -0.342 e. The van der Waals surface area contributed by atoms with E-state index in [4.69, 9.17) is 11.6 Å². The summed E-state index contributed by atoms with van der Waals surface area (Å²) in [5, 5.41) is 0. The average molecular weight is 238 g/mol. The Bertz CT molecular complexity index is 166. The van der Waals surface area contributed by atoms with Crippen molar-refractivity contribution in [3.8, 4) is 0 Å². The predicted octanol–water partition coefficient (Wildman–Crippen LogP) is 2.61. The first kappa shape index (κ1) is 14.1. The molecule has 1 unspecified atom stereocenters. The van der Waals surface area contributed by atoms with Gasteiger partial charge in [-0.15, -0.1) is 11.6 Å². The Hall–Kier alpha value is 0.110. The zero-order valence-electron chi connectivity index (χ0n) is 9.25. The molecule has 0 aromatic carbocycles. The second-order valence-corrected chi connectivity index (χ2v) is 4.60. The van der Waals surface area contributed by atoms with Crippen molar-refractivity contribution in [2.75, 3.05) is 24.9 Å². The van der Waals surface area contributed by atoms with E-state index >= 15 is 0 Å². The van der Waals surface area contributed by atoms with Crippen molar-refractivity contribution in [1.82, 2.24) is 4.90 Å². The van der Waals surface area contributed by atoms with Crippen molar-refractivity contribution >= 4 is 29.3 Å². The molecule has 0 saturated carbocycles. The van der Waals surface area contributed by atoms with Gasteiger partial charge in [0.25, 0.3) is 0 Å². The SMILES string of the molecule is CCC(CSC)N(C)C(=O)CCCCl. The number of alkyl halides is 1. The van der Waals surface area contributed by atoms with Crippen LogP contribution < -0.4 is 0 Å². The van der Waals surface area contributed by atoms with E-state index in [1.807, 2.05) is 11.9 Å². The predicted molar refractivity (Wildman–Crippen MR) is 65.2 cm³/mol. The van der Waals surface area contributed by atoms with Crippen molar-refractivity contribution in [3.63, 3.8) is 0 Å². The molecule has 0 rings (SSSR count). The van der Waals surface area contributed by atoms with E-state index in [2.05, 4.69) is 13.2 Å². The van der Waals surface area contributed by atoms with Gasteiger partial charge in [-0.3, -0.25) is 4.79 Å². The van der Waals surface area contributed by atoms with Gasteiger partial charge in [-0.2, -0.15) is 11.8 Å². The number of thioether (sulfide) groups is 1. The van der Waals surface area contributed by atoms with Gasteiger partial charge in [-0.1, -0.05) is 6.92 Å². The van der Waals surface area contributed by atoms with Crippen molar-refractivity contribution in [2.45, 2.75) is 32.2 Å². The molecule has 1 amide bonds. The van der Waals surface area contributed by atoms with Crippen molar-refractivity contribution in [1.29, 1.82) is 0 Å². The van der Waals surface area contributed by atoms with Crippen LogP contribution in [-0.2, 0) is 4.79 Å². The summed E-state index contributed by atoms with van der Waals surface area (Å²) >= 11 is 7.33. The van der Waals surface area contributed by atoms with Crippen LogP contribution in [0.25, 0.3) is 0 Å². The summed E-state index contributed by atoms with van der Waals surface area (Å²) in [5.74, 6) is 1.80. The number of nitrogens with zero attached hydrogens (tertiary/aromatic N) is 1. The van der Waals surface area contributed by atoms with Gasteiger partial charge in [0.1, 0.15) is 0 Å². The van der Waals surface area contributed by atoms with Crippen LogP contribution in [0.2, 0.25) is 0 Å². The van der Waals surface area contributed by atoms with Crippen molar-refractivity contribution in [2.24, 2.45) is 0 Å². The molecule has 0 bridgehead atoms. The van der Waals surface area contributed by atoms with Crippen LogP contribution in [0.15, 0.2) is 0 Å². The van der Waals surface area contributed by atoms with Gasteiger partial charge in [0, 0.05) is 31.1 Å². The fraction of sp³-hybridized carbons (Fsp3) is 0.900. The summed E-state index contributed by atoms with van der Waals surface area (Å²) in [6, 6.07) is 0.368. The molecule has 0 N–H and O–H groups in total. The third-order valence-corrected chi connectivity index (χ3v) is 3.28. The van der Waals surface area contributed by atoms with Crippen molar-refractivity contribution < 1.29 is 4.79 Å². The maximum absolute atomic E-state index is 11.6. The van der Waals surface area contributed by atoms with Crippen LogP contribution in [0, 0.1) is 0 Å². The van der Waals surface area contributed by atoms with E-state index in [9.17, 15) is 4.79 Å². The molecule has 84 valence electrons. The van der Waals surface area contributed by atoms with Gasteiger partial charge in [-0.05, 0) is 19.1 Å². The summed E-state index contributed by atoms with van der Waals surface area (Å²) < 4.78 is 0. The summed E-state index contributed by atoms with van der Waals surface area (Å²) in [4.78, 5) is 13.5. The Labute approximate surface area is 96.4 Å². The Morgan fingerprint density at radius 2 is 2.21 bits per heavy atom. The van der Waals surface area contributed by atoms with Gasteiger partial charge >= 0.3 is 0 Å². The molecular formula is C10H20ClNOS. The molecule has 0 heterocycles. The molecule has 0 aromatic heterocycles. The molecule has 0 aromatic rings. The second-order valence-electron chi connectivity index (χ2n) is 3.31. The molecule has 0 aliphatic rings. The quantitative estimate of drug-likeness (QED) is 0.635. The van der Waals surface area contributed by atoms with Gasteiger partial charge in [0.2, 0.25) is 5.91 Å². The van der Waals surface area contributed by atoms with E-state index in [1.54, 1.807) is 11.8 Å². The highest BCUT2D eigenvalue weighted by Crippen LogP contribution is 2.10. The Kier molecular flexibility index (Phi) is 8.49. The van der Waals surface area contributed by atoms with E-state index in [-0.39, 0.29) is 5.91 Å². The van der Waals surface area contributed by atoms with Crippen LogP contribution in [0.1, 0.15) is 26.2 Å². The smallest absolute Gasteiger partial charge is 0.222 e. The first-order valence-electron chi connectivity index (χ1n) is 4.97. The fourth-order valence-corrected chi connectivity index (χ4v) is 2.27. The van der Waals surface area contributed by atoms with E-state index in [0.717, 1.165) is 18.6 Å². The van der Waals surface area contributed by atoms with E-state index < -0.39 is 0 Å². The van der Waals surface area contributed by atoms with Crippen LogP contribution in [0.5, 0.6) is 0 Å². The lowest BCUT2D eigenvalue weighted by Gasteiger charge is -2.26. The third-order valence-electron chi connectivity index (χ3n) is 2.30. The molecule has 4 heteroatoms. The van der Waals surface area contributed by atoms with Gasteiger partial charge in [0.05, 0.1) is 0 Å². The zero-order valence-corrected chi connectivity index (χ0v) is 10.8. The highest BCUT2D eigenvalue weighted by molar-refractivity contribution is 7.98. The standard InChI is InChI=1S/C10H20ClNOS/c1-4-9(8-14-3)12(2)10(13)6-5-7-11/h9H,4-8H2,1-3H3. The molecule has 1 atom stereocenters. The lowest BCUT2D eigenvalue weighted by Crippen LogP contribution is -2.38. The molecule has 0 radical (unpaired) electrons. The number of carbonyl (C=O) groups is 1. The van der Waals surface area contributed by atoms with Gasteiger partial charge < -0.3 is 4.90 Å². The van der Waals surface area contributed by atoms with E-state index in [0.29, 0.717) is 18.3 Å². The number of hydrogen-bond donors (Lipinski definition) is 0. The Balaban J connectivity index is 3.98. The normalized spacial score (nSPS) is 12.6. The highest BCUT2D eigenvalue weighted by Gasteiger charge is 2.16. The summed E-state index contributed by atoms with van der Waals surface area (Å²) in [6.45, 7) is 2.12. The number of rotatable bonds is 7. The third kappa shape index (κ3) is 5.11. The lowest BCUT2D eigenvalue weighted by atomic mass is 10.2. The molecule has 0 saturated heterocycles. The van der Waals surface area contributed by atoms with Crippen LogP contribution >= 0.6 is 23.4 Å². The number of amides is 1. The van der Waals surface area contributed by atoms with Crippen LogP contribution in [-0.4, -0.2) is 41.8 Å². The maximum atomic E-state index is 11.6. The summed E-state index contributed by atoms with van der Waals surface area (Å²) in [7, 11) is 1.89. The average Bonchev–Trinajstić information content (AvgIpc) is 2.21. The minimum absolute atomic E-state index is 0.214. The topological polar surface area (TPSA) is 20.3 Å². The second kappa shape index (κ2) is 8.42. The van der Waals surface area contributed by atoms with Crippen LogP contribution in [0.3, 0.4) is 0 Å². The number of carbonyl (C=O) groups excluding carboxylic acids is 1. The zero-order chi connectivity index (χ0) is 11.0. The highest BCUT2D eigenvalue weighted by atomic mass is 35.5. The lowest BCUT2D eigenvalue weighted by molar-refractivity contribution is -0.131. The fourth-order valence-electron chi connectivity index (χ4n) is 1.29. The Morgan fingerprint density at radius 3 is 2.64 bits per heavy atom. The maximum Gasteiger partial charge on any atom is 0.222 e. The molecule has 0 aliphatic carbocycles. The molecule has 14 heavy (non-hydrogen) atoms. The van der Waals surface area contributed by atoms with Gasteiger partial charge in [0.15, 0.2) is 0 Å². The van der Waals surface area contributed by atoms with E-state index in [1.165, 1.54) is 0 Å². The summed E-state index contributed by atoms with van der Waals surface area (Å²) in [6.07, 6.45) is 4.44.